The highest BCUT2D eigenvalue weighted by molar-refractivity contribution is 7.56. The summed E-state index contributed by atoms with van der Waals surface area (Å²) in [5.74, 6) is 1.13. The number of methoxy groups -OCH3 is 3. The molecule has 0 aliphatic carbocycles. The molecule has 7 heteroatoms. The number of carbonyl (C=O) groups is 1. The summed E-state index contributed by atoms with van der Waals surface area (Å²) in [6.07, 6.45) is 0.637. The second-order valence-corrected chi connectivity index (χ2v) is 6.06. The Morgan fingerprint density at radius 1 is 1.08 bits per heavy atom. The molecule has 0 amide bonds. The monoisotopic (exact) mass is 352 g/mol. The molecule has 128 valence electrons. The lowest BCUT2D eigenvalue weighted by Crippen LogP contribution is -2.14. The lowest BCUT2D eigenvalue weighted by atomic mass is 10.2. The molecule has 0 aliphatic rings. The van der Waals surface area contributed by atoms with Crippen LogP contribution in [0.15, 0.2) is 30.3 Å². The van der Waals surface area contributed by atoms with E-state index in [9.17, 15) is 9.18 Å². The van der Waals surface area contributed by atoms with Crippen molar-refractivity contribution in [3.05, 3.63) is 41.7 Å². The van der Waals surface area contributed by atoms with Crippen molar-refractivity contribution in [1.29, 1.82) is 0 Å². The van der Waals surface area contributed by atoms with Crippen molar-refractivity contribution < 1.29 is 28.1 Å². The molecular formula is C17H18FO5P. The summed E-state index contributed by atoms with van der Waals surface area (Å²) in [4.78, 5) is 11.2. The number of halogens is 1. The minimum atomic E-state index is -0.454. The topological polar surface area (TPSA) is 54.0 Å². The maximum Gasteiger partial charge on any atom is 0.188 e. The normalized spacial score (nSPS) is 10.8. The molecule has 0 fully saturated rings. The van der Waals surface area contributed by atoms with Gasteiger partial charge < -0.3 is 18.9 Å². The number of carbonyl (C=O) groups excluding carboxylic acids is 1. The quantitative estimate of drug-likeness (QED) is 0.414. The van der Waals surface area contributed by atoms with Crippen molar-refractivity contribution in [3.8, 4) is 17.2 Å². The van der Waals surface area contributed by atoms with E-state index in [1.807, 2.05) is 0 Å². The predicted molar refractivity (Wildman–Crippen MR) is 91.4 cm³/mol. The average Bonchev–Trinajstić information content (AvgIpc) is 2.61. The molecule has 0 spiro atoms. The van der Waals surface area contributed by atoms with E-state index in [-0.39, 0.29) is 15.4 Å². The van der Waals surface area contributed by atoms with Gasteiger partial charge in [0, 0.05) is 24.0 Å². The molecule has 1 atom stereocenters. The third-order valence-corrected chi connectivity index (χ3v) is 4.58. The molecule has 0 bridgehead atoms. The van der Waals surface area contributed by atoms with Crippen molar-refractivity contribution in [3.63, 3.8) is 0 Å². The van der Waals surface area contributed by atoms with Gasteiger partial charge in [0.1, 0.15) is 11.6 Å². The lowest BCUT2D eigenvalue weighted by Gasteiger charge is -2.17. The molecule has 5 nitrogen and oxygen atoms in total. The van der Waals surface area contributed by atoms with Gasteiger partial charge in [-0.05, 0) is 23.5 Å². The first-order chi connectivity index (χ1) is 11.6. The molecule has 2 rings (SSSR count). The van der Waals surface area contributed by atoms with E-state index in [0.717, 1.165) is 5.30 Å². The van der Waals surface area contributed by atoms with Crippen molar-refractivity contribution >= 4 is 25.5 Å². The Bertz CT molecular complexity index is 720. The van der Waals surface area contributed by atoms with Gasteiger partial charge in [0.05, 0.1) is 14.2 Å². The molecule has 0 radical (unpaired) electrons. The second-order valence-electron chi connectivity index (χ2n) is 4.73. The van der Waals surface area contributed by atoms with Gasteiger partial charge in [0.2, 0.25) is 0 Å². The first-order valence-corrected chi connectivity index (χ1v) is 8.02. The molecule has 2 aromatic rings. The fourth-order valence-electron chi connectivity index (χ4n) is 2.10. The second kappa shape index (κ2) is 8.62. The number of aldehydes is 1. The van der Waals surface area contributed by atoms with E-state index < -0.39 is 5.82 Å². The van der Waals surface area contributed by atoms with Crippen LogP contribution < -0.4 is 24.8 Å². The van der Waals surface area contributed by atoms with Crippen LogP contribution in [0.4, 0.5) is 4.39 Å². The zero-order valence-corrected chi connectivity index (χ0v) is 14.6. The standard InChI is InChI=1S/C17H18FO5P/c1-20-10-23-17-14(22-3)7-13(21-2)8-16(17)24-15-5-4-12(18)6-11(15)9-19/h4-9,24H,10H2,1-3H3. The first kappa shape index (κ1) is 18.2. The van der Waals surface area contributed by atoms with Crippen LogP contribution in [-0.4, -0.2) is 34.4 Å². The number of benzene rings is 2. The van der Waals surface area contributed by atoms with E-state index in [2.05, 4.69) is 0 Å². The molecule has 0 aromatic heterocycles. The Kier molecular flexibility index (Phi) is 6.53. The van der Waals surface area contributed by atoms with Gasteiger partial charge in [0.15, 0.2) is 24.6 Å². The van der Waals surface area contributed by atoms with E-state index in [1.165, 1.54) is 26.4 Å². The van der Waals surface area contributed by atoms with E-state index in [1.54, 1.807) is 25.3 Å². The van der Waals surface area contributed by atoms with Gasteiger partial charge in [0.25, 0.3) is 0 Å². The largest absolute Gasteiger partial charge is 0.497 e. The van der Waals surface area contributed by atoms with Gasteiger partial charge >= 0.3 is 0 Å². The fraction of sp³-hybridized carbons (Fsp3) is 0.235. The lowest BCUT2D eigenvalue weighted by molar-refractivity contribution is 0.0499. The molecular weight excluding hydrogens is 334 g/mol. The molecule has 1 unspecified atom stereocenters. The maximum absolute atomic E-state index is 13.3. The van der Waals surface area contributed by atoms with Crippen molar-refractivity contribution in [1.82, 2.24) is 0 Å². The number of ether oxygens (including phenoxy) is 4. The molecule has 24 heavy (non-hydrogen) atoms. The van der Waals surface area contributed by atoms with Crippen molar-refractivity contribution in [2.75, 3.05) is 28.1 Å². The molecule has 0 saturated carbocycles. The highest BCUT2D eigenvalue weighted by atomic mass is 31.1. The maximum atomic E-state index is 13.3. The summed E-state index contributed by atoms with van der Waals surface area (Å²) in [6.45, 7) is 0.0458. The van der Waals surface area contributed by atoms with Crippen LogP contribution in [0, 0.1) is 5.82 Å². The summed E-state index contributed by atoms with van der Waals surface area (Å²) < 4.78 is 34.5. The zero-order chi connectivity index (χ0) is 17.5. The summed E-state index contributed by atoms with van der Waals surface area (Å²) in [7, 11) is 4.64. The molecule has 0 N–H and O–H groups in total. The number of rotatable bonds is 8. The fourth-order valence-corrected chi connectivity index (χ4v) is 3.35. The minimum absolute atomic E-state index is 0.0458. The van der Waals surface area contributed by atoms with Gasteiger partial charge in [-0.1, -0.05) is 14.6 Å². The van der Waals surface area contributed by atoms with Gasteiger partial charge in [-0.3, -0.25) is 4.79 Å². The van der Waals surface area contributed by atoms with Gasteiger partial charge in [-0.15, -0.1) is 0 Å². The van der Waals surface area contributed by atoms with Crippen LogP contribution in [0.2, 0.25) is 0 Å². The molecule has 0 heterocycles. The number of hydrogen-bond donors (Lipinski definition) is 0. The van der Waals surface area contributed by atoms with Crippen molar-refractivity contribution in [2.24, 2.45) is 0 Å². The zero-order valence-electron chi connectivity index (χ0n) is 13.6. The summed E-state index contributed by atoms with van der Waals surface area (Å²) >= 11 is 0. The van der Waals surface area contributed by atoms with E-state index in [4.69, 9.17) is 18.9 Å². The summed E-state index contributed by atoms with van der Waals surface area (Å²) in [5.41, 5.74) is 0.299. The summed E-state index contributed by atoms with van der Waals surface area (Å²) in [6, 6.07) is 7.61. The van der Waals surface area contributed by atoms with Gasteiger partial charge in [-0.2, -0.15) is 0 Å². The SMILES string of the molecule is COCOc1c(OC)cc(OC)cc1Pc1ccc(F)cc1C=O. The Morgan fingerprint density at radius 2 is 1.88 bits per heavy atom. The van der Waals surface area contributed by atoms with Crippen LogP contribution in [-0.2, 0) is 4.74 Å². The highest BCUT2D eigenvalue weighted by Gasteiger charge is 2.16. The Morgan fingerprint density at radius 3 is 2.50 bits per heavy atom. The predicted octanol–water partition coefficient (Wildman–Crippen LogP) is 2.27. The van der Waals surface area contributed by atoms with E-state index in [0.29, 0.717) is 34.4 Å². The van der Waals surface area contributed by atoms with Crippen LogP contribution in [0.5, 0.6) is 17.2 Å². The third kappa shape index (κ3) is 4.22. The smallest absolute Gasteiger partial charge is 0.188 e. The molecule has 0 aliphatic heterocycles. The van der Waals surface area contributed by atoms with Crippen LogP contribution in [0.3, 0.4) is 0 Å². The van der Waals surface area contributed by atoms with Gasteiger partial charge in [-0.25, -0.2) is 4.39 Å². The van der Waals surface area contributed by atoms with Crippen LogP contribution in [0.25, 0.3) is 0 Å². The average molecular weight is 352 g/mol. The van der Waals surface area contributed by atoms with Crippen molar-refractivity contribution in [2.45, 2.75) is 0 Å². The summed E-state index contributed by atoms with van der Waals surface area (Å²) in [5, 5.41) is 1.46. The third-order valence-electron chi connectivity index (χ3n) is 3.22. The van der Waals surface area contributed by atoms with Crippen LogP contribution >= 0.6 is 8.58 Å². The minimum Gasteiger partial charge on any atom is -0.497 e. The van der Waals surface area contributed by atoms with E-state index >= 15 is 0 Å². The van der Waals surface area contributed by atoms with Crippen LogP contribution in [0.1, 0.15) is 10.4 Å². The Labute approximate surface area is 141 Å². The Hall–Kier alpha value is -2.17. The highest BCUT2D eigenvalue weighted by Crippen LogP contribution is 2.34. The number of hydrogen-bond acceptors (Lipinski definition) is 5. The Balaban J connectivity index is 2.49. The molecule has 0 saturated heterocycles. The molecule has 2 aromatic carbocycles. The first-order valence-electron chi connectivity index (χ1n) is 7.02.